The summed E-state index contributed by atoms with van der Waals surface area (Å²) in [5, 5.41) is 3.30. The number of hydrogen-bond acceptors (Lipinski definition) is 0. The SMILES string of the molecule is C[Si](C)(CCC[Si](C)(c1ccccc1)[Si](C)(C)C)c1ccccc1. The van der Waals surface area contributed by atoms with Gasteiger partial charge >= 0.3 is 0 Å². The molecular formula is C21H34Si3. The quantitative estimate of drug-likeness (QED) is 0.573. The molecule has 0 fully saturated rings. The Morgan fingerprint density at radius 1 is 0.583 bits per heavy atom. The van der Waals surface area contributed by atoms with Gasteiger partial charge in [-0.05, 0) is 0 Å². The molecule has 0 aliphatic carbocycles. The summed E-state index contributed by atoms with van der Waals surface area (Å²) in [5.74, 6) is 0. The van der Waals surface area contributed by atoms with Gasteiger partial charge in [0.15, 0.2) is 0 Å². The first kappa shape index (κ1) is 19.4. The molecule has 0 radical (unpaired) electrons. The summed E-state index contributed by atoms with van der Waals surface area (Å²) in [7, 11) is -3.84. The third kappa shape index (κ3) is 4.38. The first-order valence-corrected chi connectivity index (χ1v) is 19.7. The molecule has 0 saturated carbocycles. The molecule has 24 heavy (non-hydrogen) atoms. The zero-order chi connectivity index (χ0) is 17.8. The van der Waals surface area contributed by atoms with Crippen LogP contribution in [0.1, 0.15) is 6.42 Å². The fourth-order valence-electron chi connectivity index (χ4n) is 3.68. The fraction of sp³-hybridized carbons (Fsp3) is 0.429. The van der Waals surface area contributed by atoms with Gasteiger partial charge in [0.05, 0.1) is 15.7 Å². The monoisotopic (exact) mass is 370 g/mol. The van der Waals surface area contributed by atoms with E-state index in [1.807, 2.05) is 0 Å². The first-order chi connectivity index (χ1) is 11.2. The van der Waals surface area contributed by atoms with E-state index >= 15 is 0 Å². The van der Waals surface area contributed by atoms with E-state index in [9.17, 15) is 0 Å². The summed E-state index contributed by atoms with van der Waals surface area (Å²) in [6.45, 7) is 15.5. The summed E-state index contributed by atoms with van der Waals surface area (Å²) in [4.78, 5) is 0. The van der Waals surface area contributed by atoms with Crippen molar-refractivity contribution in [3.63, 3.8) is 0 Å². The van der Waals surface area contributed by atoms with Gasteiger partial charge in [-0.3, -0.25) is 0 Å². The minimum absolute atomic E-state index is 1.17. The van der Waals surface area contributed by atoms with Gasteiger partial charge in [0, 0.05) is 7.59 Å². The molecule has 0 aliphatic heterocycles. The lowest BCUT2D eigenvalue weighted by atomic mass is 10.4. The Hall–Kier alpha value is -0.909. The van der Waals surface area contributed by atoms with Crippen LogP contribution in [0, 0.1) is 0 Å². The van der Waals surface area contributed by atoms with E-state index in [-0.39, 0.29) is 0 Å². The lowest BCUT2D eigenvalue weighted by molar-refractivity contribution is 1.03. The van der Waals surface area contributed by atoms with Gasteiger partial charge in [-0.25, -0.2) is 0 Å². The van der Waals surface area contributed by atoms with Crippen LogP contribution in [0.15, 0.2) is 60.7 Å². The zero-order valence-corrected chi connectivity index (χ0v) is 19.4. The Bertz CT molecular complexity index is 629. The van der Waals surface area contributed by atoms with Crippen molar-refractivity contribution in [1.82, 2.24) is 0 Å². The van der Waals surface area contributed by atoms with Crippen LogP contribution in [0.25, 0.3) is 0 Å². The third-order valence-corrected chi connectivity index (χ3v) is 27.4. The van der Waals surface area contributed by atoms with Gasteiger partial charge in [0.25, 0.3) is 0 Å². The van der Waals surface area contributed by atoms with E-state index in [1.165, 1.54) is 18.5 Å². The topological polar surface area (TPSA) is 0 Å². The molecule has 0 spiro atoms. The zero-order valence-electron chi connectivity index (χ0n) is 16.4. The Balaban J connectivity index is 2.12. The Labute approximate surface area is 152 Å². The standard InChI is InChI=1S/C21H34Si3/c1-22(2,3)24(6,21-16-11-8-12-17-21)19-13-18-23(4,5)20-14-9-7-10-15-20/h7-12,14-17H,13,18-19H2,1-6H3. The predicted octanol–water partition coefficient (Wildman–Crippen LogP) is 5.39. The highest BCUT2D eigenvalue weighted by Gasteiger charge is 2.42. The second kappa shape index (κ2) is 7.54. The number of benzene rings is 2. The summed E-state index contributed by atoms with van der Waals surface area (Å²) in [6.07, 6.45) is 1.40. The van der Waals surface area contributed by atoms with Gasteiger partial charge in [0.1, 0.15) is 0 Å². The minimum Gasteiger partial charge on any atom is -0.0712 e. The molecule has 0 aromatic heterocycles. The van der Waals surface area contributed by atoms with Gasteiger partial charge in [0.2, 0.25) is 0 Å². The van der Waals surface area contributed by atoms with Crippen molar-refractivity contribution in [3.8, 4) is 0 Å². The number of rotatable bonds is 7. The van der Waals surface area contributed by atoms with Crippen molar-refractivity contribution in [2.45, 2.75) is 57.8 Å². The maximum Gasteiger partial charge on any atom is 0.0806 e. The fourth-order valence-corrected chi connectivity index (χ4v) is 16.1. The van der Waals surface area contributed by atoms with Crippen LogP contribution in [0.5, 0.6) is 0 Å². The van der Waals surface area contributed by atoms with Crippen LogP contribution in [-0.4, -0.2) is 23.3 Å². The number of hydrogen-bond donors (Lipinski definition) is 0. The lowest BCUT2D eigenvalue weighted by Gasteiger charge is -2.40. The Morgan fingerprint density at radius 2 is 1.04 bits per heavy atom. The van der Waals surface area contributed by atoms with Crippen molar-refractivity contribution in [2.75, 3.05) is 0 Å². The average molecular weight is 371 g/mol. The van der Waals surface area contributed by atoms with Crippen LogP contribution in [0.3, 0.4) is 0 Å². The van der Waals surface area contributed by atoms with Crippen molar-refractivity contribution in [2.24, 2.45) is 0 Å². The van der Waals surface area contributed by atoms with E-state index in [1.54, 1.807) is 10.4 Å². The van der Waals surface area contributed by atoms with Gasteiger partial charge in [-0.2, -0.15) is 0 Å². The lowest BCUT2D eigenvalue weighted by Crippen LogP contribution is -2.63. The normalized spacial score (nSPS) is 15.1. The van der Waals surface area contributed by atoms with E-state index in [0.717, 1.165) is 0 Å². The summed E-state index contributed by atoms with van der Waals surface area (Å²) in [6, 6.07) is 25.6. The molecule has 130 valence electrons. The maximum absolute atomic E-state index is 2.66. The van der Waals surface area contributed by atoms with Crippen molar-refractivity contribution in [3.05, 3.63) is 60.7 Å². The molecule has 2 rings (SSSR count). The van der Waals surface area contributed by atoms with Gasteiger partial charge < -0.3 is 0 Å². The van der Waals surface area contributed by atoms with Crippen LogP contribution in [-0.2, 0) is 0 Å². The minimum atomic E-state index is -1.37. The van der Waals surface area contributed by atoms with Crippen molar-refractivity contribution < 1.29 is 0 Å². The highest BCUT2D eigenvalue weighted by atomic mass is 29.3. The van der Waals surface area contributed by atoms with Crippen molar-refractivity contribution >= 4 is 33.6 Å². The Kier molecular flexibility index (Phi) is 6.10. The highest BCUT2D eigenvalue weighted by molar-refractivity contribution is 7.45. The van der Waals surface area contributed by atoms with Crippen LogP contribution in [0.2, 0.25) is 51.4 Å². The predicted molar refractivity (Wildman–Crippen MR) is 119 cm³/mol. The van der Waals surface area contributed by atoms with E-state index in [2.05, 4.69) is 99.9 Å². The average Bonchev–Trinajstić information content (AvgIpc) is 2.55. The Morgan fingerprint density at radius 3 is 1.50 bits per heavy atom. The molecular weight excluding hydrogens is 336 g/mol. The van der Waals surface area contributed by atoms with Gasteiger partial charge in [-0.15, -0.1) is 0 Å². The second-order valence-electron chi connectivity index (χ2n) is 9.05. The third-order valence-electron chi connectivity index (χ3n) is 6.10. The second-order valence-corrected chi connectivity index (χ2v) is 29.9. The molecule has 0 saturated heterocycles. The molecule has 0 nitrogen and oxygen atoms in total. The molecule has 1 atom stereocenters. The molecule has 2 aromatic carbocycles. The molecule has 0 aliphatic rings. The van der Waals surface area contributed by atoms with Crippen LogP contribution < -0.4 is 10.4 Å². The van der Waals surface area contributed by atoms with E-state index < -0.39 is 23.3 Å². The largest absolute Gasteiger partial charge is 0.0806 e. The van der Waals surface area contributed by atoms with E-state index in [4.69, 9.17) is 0 Å². The highest BCUT2D eigenvalue weighted by Crippen LogP contribution is 2.27. The molecule has 3 heteroatoms. The summed E-state index contributed by atoms with van der Waals surface area (Å²) < 4.78 is 0. The molecule has 0 amide bonds. The first-order valence-electron chi connectivity index (χ1n) is 9.28. The summed E-state index contributed by atoms with van der Waals surface area (Å²) >= 11 is 0. The molecule has 0 heterocycles. The van der Waals surface area contributed by atoms with Crippen LogP contribution in [0.4, 0.5) is 0 Å². The molecule has 1 unspecified atom stereocenters. The smallest absolute Gasteiger partial charge is 0.0712 e. The van der Waals surface area contributed by atoms with E-state index in [0.29, 0.717) is 0 Å². The van der Waals surface area contributed by atoms with Crippen LogP contribution >= 0.6 is 0 Å². The maximum atomic E-state index is 2.66. The van der Waals surface area contributed by atoms with Crippen molar-refractivity contribution in [1.29, 1.82) is 0 Å². The molecule has 2 aromatic rings. The summed E-state index contributed by atoms with van der Waals surface area (Å²) in [5.41, 5.74) is 0. The molecule has 0 N–H and O–H groups in total. The molecule has 0 bridgehead atoms. The van der Waals surface area contributed by atoms with Gasteiger partial charge in [-0.1, -0.05) is 129 Å².